The van der Waals surface area contributed by atoms with E-state index >= 15 is 0 Å². The molecule has 140 valence electrons. The predicted octanol–water partition coefficient (Wildman–Crippen LogP) is 3.10. The molecule has 0 saturated carbocycles. The Bertz CT molecular complexity index is 745. The molecule has 7 heteroatoms. The topological polar surface area (TPSA) is 71.7 Å². The van der Waals surface area contributed by atoms with Crippen LogP contribution in [0.25, 0.3) is 11.5 Å². The van der Waals surface area contributed by atoms with Crippen LogP contribution in [-0.2, 0) is 11.3 Å². The van der Waals surface area contributed by atoms with Crippen molar-refractivity contribution in [2.45, 2.75) is 39.8 Å². The zero-order valence-corrected chi connectivity index (χ0v) is 15.9. The third-order valence-corrected chi connectivity index (χ3v) is 4.27. The van der Waals surface area contributed by atoms with Crippen molar-refractivity contribution in [2.75, 3.05) is 26.2 Å². The van der Waals surface area contributed by atoms with Crippen molar-refractivity contribution < 1.29 is 13.9 Å². The van der Waals surface area contributed by atoms with E-state index in [1.54, 1.807) is 4.90 Å². The maximum Gasteiger partial charge on any atom is 0.410 e. The average molecular weight is 358 g/mol. The second kappa shape index (κ2) is 7.45. The molecular weight excluding hydrogens is 332 g/mol. The summed E-state index contributed by atoms with van der Waals surface area (Å²) in [5, 5.41) is 7.83. The Kier molecular flexibility index (Phi) is 5.27. The Labute approximate surface area is 153 Å². The minimum Gasteiger partial charge on any atom is -0.444 e. The molecule has 3 rings (SSSR count). The van der Waals surface area contributed by atoms with Gasteiger partial charge in [0.05, 0.1) is 0 Å². The van der Waals surface area contributed by atoms with Crippen LogP contribution in [0.4, 0.5) is 4.79 Å². The van der Waals surface area contributed by atoms with E-state index in [0.29, 0.717) is 19.0 Å². The summed E-state index contributed by atoms with van der Waals surface area (Å²) in [5.74, 6) is 0.538. The van der Waals surface area contributed by atoms with E-state index in [1.165, 1.54) is 6.39 Å². The highest BCUT2D eigenvalue weighted by molar-refractivity contribution is 5.68. The molecule has 0 N–H and O–H groups in total. The van der Waals surface area contributed by atoms with Gasteiger partial charge in [-0.25, -0.2) is 4.79 Å². The van der Waals surface area contributed by atoms with Crippen molar-refractivity contribution >= 4 is 6.09 Å². The van der Waals surface area contributed by atoms with E-state index < -0.39 is 5.60 Å². The maximum absolute atomic E-state index is 12.2. The van der Waals surface area contributed by atoms with Gasteiger partial charge in [-0.05, 0) is 39.3 Å². The lowest BCUT2D eigenvalue weighted by atomic mass is 10.0. The molecule has 0 spiro atoms. The first-order chi connectivity index (χ1) is 12.3. The number of hydrogen-bond donors (Lipinski definition) is 0. The van der Waals surface area contributed by atoms with Crippen LogP contribution in [0, 0.1) is 6.92 Å². The van der Waals surface area contributed by atoms with Crippen LogP contribution < -0.4 is 0 Å². The van der Waals surface area contributed by atoms with Crippen molar-refractivity contribution in [3.63, 3.8) is 0 Å². The maximum atomic E-state index is 12.2. The molecule has 0 bridgehead atoms. The molecule has 1 amide bonds. The second-order valence-corrected chi connectivity index (χ2v) is 7.65. The number of nitrogens with zero attached hydrogens (tertiary/aromatic N) is 4. The minimum absolute atomic E-state index is 0.237. The largest absolute Gasteiger partial charge is 0.444 e. The van der Waals surface area contributed by atoms with E-state index in [-0.39, 0.29) is 6.09 Å². The standard InChI is InChI=1S/C19H26N4O3/c1-14-5-6-15(16(11-14)17-21-20-13-25-17)12-22-7-9-23(10-8-22)18(24)26-19(2,3)4/h5-6,11,13H,7-10,12H2,1-4H3. The molecule has 1 aromatic carbocycles. The quantitative estimate of drug-likeness (QED) is 0.840. The molecule has 0 unspecified atom stereocenters. The number of piperazine rings is 1. The molecule has 26 heavy (non-hydrogen) atoms. The summed E-state index contributed by atoms with van der Waals surface area (Å²) in [4.78, 5) is 16.3. The highest BCUT2D eigenvalue weighted by Crippen LogP contribution is 2.25. The fourth-order valence-electron chi connectivity index (χ4n) is 2.97. The molecule has 7 nitrogen and oxygen atoms in total. The van der Waals surface area contributed by atoms with Gasteiger partial charge in [-0.2, -0.15) is 0 Å². The van der Waals surface area contributed by atoms with E-state index in [1.807, 2.05) is 27.7 Å². The van der Waals surface area contributed by atoms with Gasteiger partial charge < -0.3 is 14.1 Å². The SMILES string of the molecule is Cc1ccc(CN2CCN(C(=O)OC(C)(C)C)CC2)c(-c2nnco2)c1. The second-order valence-electron chi connectivity index (χ2n) is 7.65. The molecule has 0 radical (unpaired) electrons. The Balaban J connectivity index is 1.63. The van der Waals surface area contributed by atoms with Crippen molar-refractivity contribution in [3.8, 4) is 11.5 Å². The van der Waals surface area contributed by atoms with Gasteiger partial charge >= 0.3 is 6.09 Å². The highest BCUT2D eigenvalue weighted by atomic mass is 16.6. The number of aryl methyl sites for hydroxylation is 1. The van der Waals surface area contributed by atoms with Crippen molar-refractivity contribution in [2.24, 2.45) is 0 Å². The number of ether oxygens (including phenoxy) is 1. The average Bonchev–Trinajstić information content (AvgIpc) is 3.10. The smallest absolute Gasteiger partial charge is 0.410 e. The third kappa shape index (κ3) is 4.60. The summed E-state index contributed by atoms with van der Waals surface area (Å²) in [7, 11) is 0. The molecule has 1 saturated heterocycles. The molecular formula is C19H26N4O3. The molecule has 0 atom stereocenters. The molecule has 0 aliphatic carbocycles. The number of hydrogen-bond acceptors (Lipinski definition) is 6. The lowest BCUT2D eigenvalue weighted by Crippen LogP contribution is -2.49. The third-order valence-electron chi connectivity index (χ3n) is 4.27. The Hall–Kier alpha value is -2.41. The minimum atomic E-state index is -0.463. The summed E-state index contributed by atoms with van der Waals surface area (Å²) < 4.78 is 10.8. The fraction of sp³-hybridized carbons (Fsp3) is 0.526. The summed E-state index contributed by atoms with van der Waals surface area (Å²) >= 11 is 0. The van der Waals surface area contributed by atoms with Gasteiger partial charge in [0.15, 0.2) is 0 Å². The van der Waals surface area contributed by atoms with Crippen LogP contribution in [-0.4, -0.2) is 57.9 Å². The molecule has 2 aromatic rings. The molecule has 1 fully saturated rings. The number of rotatable bonds is 3. The Morgan fingerprint density at radius 2 is 1.96 bits per heavy atom. The number of amides is 1. The number of carbonyl (C=O) groups excluding carboxylic acids is 1. The van der Waals surface area contributed by atoms with Crippen molar-refractivity contribution in [1.82, 2.24) is 20.0 Å². The van der Waals surface area contributed by atoms with Gasteiger partial charge in [0.1, 0.15) is 5.60 Å². The van der Waals surface area contributed by atoms with E-state index in [0.717, 1.165) is 36.3 Å². The van der Waals surface area contributed by atoms with Gasteiger partial charge in [0, 0.05) is 38.3 Å². The number of carbonyl (C=O) groups is 1. The monoisotopic (exact) mass is 358 g/mol. The van der Waals surface area contributed by atoms with Crippen LogP contribution in [0.2, 0.25) is 0 Å². The first-order valence-electron chi connectivity index (χ1n) is 8.88. The molecule has 1 aliphatic heterocycles. The summed E-state index contributed by atoms with van der Waals surface area (Å²) in [6.07, 6.45) is 1.11. The van der Waals surface area contributed by atoms with Crippen LogP contribution >= 0.6 is 0 Å². The molecule has 2 heterocycles. The van der Waals surface area contributed by atoms with Gasteiger partial charge in [-0.3, -0.25) is 4.90 Å². The number of aromatic nitrogens is 2. The fourth-order valence-corrected chi connectivity index (χ4v) is 2.97. The Morgan fingerprint density at radius 1 is 1.23 bits per heavy atom. The van der Waals surface area contributed by atoms with Crippen molar-refractivity contribution in [3.05, 3.63) is 35.7 Å². The first kappa shape index (κ1) is 18.4. The molecule has 1 aromatic heterocycles. The van der Waals surface area contributed by atoms with Crippen LogP contribution in [0.15, 0.2) is 29.0 Å². The van der Waals surface area contributed by atoms with Crippen LogP contribution in [0.1, 0.15) is 31.9 Å². The lowest BCUT2D eigenvalue weighted by Gasteiger charge is -2.35. The summed E-state index contributed by atoms with van der Waals surface area (Å²) in [6, 6.07) is 6.26. The van der Waals surface area contributed by atoms with Crippen molar-refractivity contribution in [1.29, 1.82) is 0 Å². The predicted molar refractivity (Wildman–Crippen MR) is 97.6 cm³/mol. The van der Waals surface area contributed by atoms with Crippen LogP contribution in [0.3, 0.4) is 0 Å². The number of benzene rings is 1. The van der Waals surface area contributed by atoms with E-state index in [2.05, 4.69) is 33.3 Å². The Morgan fingerprint density at radius 3 is 2.58 bits per heavy atom. The lowest BCUT2D eigenvalue weighted by molar-refractivity contribution is 0.0139. The van der Waals surface area contributed by atoms with Crippen LogP contribution in [0.5, 0.6) is 0 Å². The van der Waals surface area contributed by atoms with Gasteiger partial charge in [0.25, 0.3) is 0 Å². The summed E-state index contributed by atoms with van der Waals surface area (Å²) in [5.41, 5.74) is 2.80. The van der Waals surface area contributed by atoms with Gasteiger partial charge in [-0.1, -0.05) is 17.7 Å². The van der Waals surface area contributed by atoms with E-state index in [4.69, 9.17) is 9.15 Å². The molecule has 1 aliphatic rings. The van der Waals surface area contributed by atoms with E-state index in [9.17, 15) is 4.79 Å². The normalized spacial score (nSPS) is 15.9. The zero-order chi connectivity index (χ0) is 18.7. The summed E-state index contributed by atoms with van der Waals surface area (Å²) in [6.45, 7) is 11.4. The first-order valence-corrected chi connectivity index (χ1v) is 8.88. The van der Waals surface area contributed by atoms with Gasteiger partial charge in [-0.15, -0.1) is 10.2 Å². The van der Waals surface area contributed by atoms with Gasteiger partial charge in [0.2, 0.25) is 12.3 Å². The highest BCUT2D eigenvalue weighted by Gasteiger charge is 2.26. The zero-order valence-electron chi connectivity index (χ0n) is 15.9.